The Morgan fingerprint density at radius 2 is 2.00 bits per heavy atom. The molecule has 0 aromatic carbocycles. The van der Waals surface area contributed by atoms with Gasteiger partial charge in [-0.3, -0.25) is 0 Å². The Kier molecular flexibility index (Phi) is 4.13. The normalized spacial score (nSPS) is 24.1. The predicted octanol–water partition coefficient (Wildman–Crippen LogP) is 3.02. The van der Waals surface area contributed by atoms with Crippen molar-refractivity contribution in [3.05, 3.63) is 17.7 Å². The van der Waals surface area contributed by atoms with Crippen molar-refractivity contribution in [1.29, 1.82) is 0 Å². The van der Waals surface area contributed by atoms with Crippen LogP contribution in [0.2, 0.25) is 0 Å². The van der Waals surface area contributed by atoms with Gasteiger partial charge in [0.2, 0.25) is 0 Å². The molecule has 1 heterocycles. The van der Waals surface area contributed by atoms with Crippen molar-refractivity contribution in [2.75, 3.05) is 24.3 Å². The van der Waals surface area contributed by atoms with E-state index < -0.39 is 11.6 Å². The van der Waals surface area contributed by atoms with Crippen molar-refractivity contribution in [3.8, 4) is 0 Å². The van der Waals surface area contributed by atoms with Crippen LogP contribution in [0.3, 0.4) is 0 Å². The van der Waals surface area contributed by atoms with Crippen molar-refractivity contribution in [2.24, 2.45) is 5.41 Å². The Labute approximate surface area is 117 Å². The number of hydrogen-bond acceptors (Lipinski definition) is 4. The summed E-state index contributed by atoms with van der Waals surface area (Å²) in [6.07, 6.45) is 0.936. The molecule has 0 spiro atoms. The van der Waals surface area contributed by atoms with Gasteiger partial charge in [0.05, 0.1) is 6.10 Å². The first-order chi connectivity index (χ1) is 9.40. The molecule has 0 amide bonds. The zero-order chi connectivity index (χ0) is 14.9. The van der Waals surface area contributed by atoms with Gasteiger partial charge in [-0.15, -0.1) is 0 Å². The highest BCUT2D eigenvalue weighted by Crippen LogP contribution is 2.44. The van der Waals surface area contributed by atoms with Gasteiger partial charge in [-0.2, -0.15) is 0 Å². The maximum Gasteiger partial charge on any atom is 0.168 e. The van der Waals surface area contributed by atoms with E-state index in [0.717, 1.165) is 12.5 Å². The summed E-state index contributed by atoms with van der Waals surface area (Å²) >= 11 is 0. The fourth-order valence-corrected chi connectivity index (χ4v) is 2.52. The highest BCUT2D eigenvalue weighted by molar-refractivity contribution is 5.48. The van der Waals surface area contributed by atoms with Gasteiger partial charge in [0, 0.05) is 31.2 Å². The van der Waals surface area contributed by atoms with Crippen molar-refractivity contribution in [3.63, 3.8) is 0 Å². The summed E-state index contributed by atoms with van der Waals surface area (Å²) in [4.78, 5) is 3.94. The summed E-state index contributed by atoms with van der Waals surface area (Å²) in [5.41, 5.74) is -0.113. The lowest BCUT2D eigenvalue weighted by Gasteiger charge is -2.51. The molecule has 112 valence electrons. The lowest BCUT2D eigenvalue weighted by atomic mass is 9.64. The van der Waals surface area contributed by atoms with Crippen LogP contribution < -0.4 is 10.6 Å². The van der Waals surface area contributed by atoms with E-state index >= 15 is 0 Å². The van der Waals surface area contributed by atoms with Gasteiger partial charge in [0.25, 0.3) is 0 Å². The average molecular weight is 285 g/mol. The topological polar surface area (TPSA) is 46.2 Å². The quantitative estimate of drug-likeness (QED) is 0.873. The molecule has 0 aliphatic heterocycles. The smallest absolute Gasteiger partial charge is 0.168 e. The van der Waals surface area contributed by atoms with Gasteiger partial charge in [-0.1, -0.05) is 13.8 Å². The number of ether oxygens (including phenoxy) is 1. The maximum absolute atomic E-state index is 13.8. The highest BCUT2D eigenvalue weighted by atomic mass is 19.1. The van der Waals surface area contributed by atoms with Crippen molar-refractivity contribution >= 4 is 11.6 Å². The Balaban J connectivity index is 2.12. The Morgan fingerprint density at radius 1 is 1.35 bits per heavy atom. The molecule has 2 atom stereocenters. The van der Waals surface area contributed by atoms with E-state index in [0.29, 0.717) is 6.61 Å². The molecular formula is C14H21F2N3O. The Morgan fingerprint density at radius 3 is 2.55 bits per heavy atom. The number of pyridine rings is 1. The molecule has 0 bridgehead atoms. The maximum atomic E-state index is 13.8. The largest absolute Gasteiger partial charge is 0.378 e. The van der Waals surface area contributed by atoms with Crippen molar-refractivity contribution in [2.45, 2.75) is 39.3 Å². The first-order valence-corrected chi connectivity index (χ1v) is 6.82. The summed E-state index contributed by atoms with van der Waals surface area (Å²) in [7, 11) is 1.55. The standard InChI is InChI=1S/C14H21F2N3O/c1-5-20-11-7-10(14(11,2)3)18-13-9(16)6-8(15)12(17-4)19-13/h6,10-11H,5,7H2,1-4H3,(H2,17,18,19). The third-order valence-electron chi connectivity index (χ3n) is 4.02. The zero-order valence-corrected chi connectivity index (χ0v) is 12.3. The second-order valence-corrected chi connectivity index (χ2v) is 5.60. The molecular weight excluding hydrogens is 264 g/mol. The van der Waals surface area contributed by atoms with Crippen molar-refractivity contribution < 1.29 is 13.5 Å². The minimum Gasteiger partial charge on any atom is -0.378 e. The van der Waals surface area contributed by atoms with Crippen LogP contribution in [0.1, 0.15) is 27.2 Å². The van der Waals surface area contributed by atoms with Crippen LogP contribution in [0.15, 0.2) is 6.07 Å². The van der Waals surface area contributed by atoms with E-state index in [-0.39, 0.29) is 29.2 Å². The minimum absolute atomic E-state index is 0.0346. The van der Waals surface area contributed by atoms with Crippen LogP contribution >= 0.6 is 0 Å². The molecule has 1 fully saturated rings. The molecule has 2 unspecified atom stereocenters. The number of nitrogens with one attached hydrogen (secondary N) is 2. The summed E-state index contributed by atoms with van der Waals surface area (Å²) < 4.78 is 32.8. The second kappa shape index (κ2) is 5.52. The van der Waals surface area contributed by atoms with Crippen molar-refractivity contribution in [1.82, 2.24) is 4.98 Å². The van der Waals surface area contributed by atoms with Gasteiger partial charge in [0.15, 0.2) is 23.3 Å². The number of hydrogen-bond donors (Lipinski definition) is 2. The molecule has 4 nitrogen and oxygen atoms in total. The average Bonchev–Trinajstić information content (AvgIpc) is 2.40. The zero-order valence-electron chi connectivity index (χ0n) is 12.3. The Hall–Kier alpha value is -1.43. The van der Waals surface area contributed by atoms with E-state index in [1.54, 1.807) is 7.05 Å². The minimum atomic E-state index is -0.699. The van der Waals surface area contributed by atoms with Crippen LogP contribution in [0.4, 0.5) is 20.4 Å². The molecule has 1 aliphatic rings. The summed E-state index contributed by atoms with van der Waals surface area (Å²) in [6.45, 7) is 6.74. The highest BCUT2D eigenvalue weighted by Gasteiger charge is 2.49. The third-order valence-corrected chi connectivity index (χ3v) is 4.02. The summed E-state index contributed by atoms with van der Waals surface area (Å²) in [5, 5.41) is 5.66. The molecule has 1 saturated carbocycles. The number of rotatable bonds is 5. The fraction of sp³-hybridized carbons (Fsp3) is 0.643. The van der Waals surface area contributed by atoms with Crippen LogP contribution in [0, 0.1) is 17.0 Å². The molecule has 2 rings (SSSR count). The number of aromatic nitrogens is 1. The molecule has 0 radical (unpaired) electrons. The van der Waals surface area contributed by atoms with Crippen LogP contribution in [0.25, 0.3) is 0 Å². The third kappa shape index (κ3) is 2.57. The number of nitrogens with zero attached hydrogens (tertiary/aromatic N) is 1. The van der Waals surface area contributed by atoms with Crippen LogP contribution in [-0.4, -0.2) is 30.8 Å². The first kappa shape index (κ1) is 15.0. The number of anilines is 2. The molecule has 1 aromatic rings. The van der Waals surface area contributed by atoms with Crippen LogP contribution in [0.5, 0.6) is 0 Å². The van der Waals surface area contributed by atoms with Gasteiger partial charge >= 0.3 is 0 Å². The monoisotopic (exact) mass is 285 g/mol. The molecule has 2 N–H and O–H groups in total. The summed E-state index contributed by atoms with van der Waals surface area (Å²) in [5.74, 6) is -1.27. The van der Waals surface area contributed by atoms with E-state index in [9.17, 15) is 8.78 Å². The van der Waals surface area contributed by atoms with Gasteiger partial charge in [0.1, 0.15) is 0 Å². The molecule has 0 saturated heterocycles. The second-order valence-electron chi connectivity index (χ2n) is 5.60. The molecule has 6 heteroatoms. The van der Waals surface area contributed by atoms with E-state index in [1.165, 1.54) is 0 Å². The van der Waals surface area contributed by atoms with Crippen LogP contribution in [-0.2, 0) is 4.74 Å². The molecule has 1 aliphatic carbocycles. The van der Waals surface area contributed by atoms with E-state index in [4.69, 9.17) is 4.74 Å². The van der Waals surface area contributed by atoms with E-state index in [2.05, 4.69) is 29.5 Å². The lowest BCUT2D eigenvalue weighted by molar-refractivity contribution is -0.0977. The summed E-state index contributed by atoms with van der Waals surface area (Å²) in [6, 6.07) is 0.892. The van der Waals surface area contributed by atoms with E-state index in [1.807, 2.05) is 6.92 Å². The Bertz CT molecular complexity index is 494. The van der Waals surface area contributed by atoms with Gasteiger partial charge < -0.3 is 15.4 Å². The SMILES string of the molecule is CCOC1CC(Nc2nc(NC)c(F)cc2F)C1(C)C. The fourth-order valence-electron chi connectivity index (χ4n) is 2.52. The predicted molar refractivity (Wildman–Crippen MR) is 74.9 cm³/mol. The number of halogens is 2. The lowest BCUT2D eigenvalue weighted by Crippen LogP contribution is -2.58. The molecule has 20 heavy (non-hydrogen) atoms. The van der Waals surface area contributed by atoms with Gasteiger partial charge in [-0.05, 0) is 13.3 Å². The first-order valence-electron chi connectivity index (χ1n) is 6.82. The van der Waals surface area contributed by atoms with Gasteiger partial charge in [-0.25, -0.2) is 13.8 Å². The molecule has 1 aromatic heterocycles.